The molecule has 0 aliphatic heterocycles. The van der Waals surface area contributed by atoms with Crippen molar-refractivity contribution in [3.63, 3.8) is 0 Å². The van der Waals surface area contributed by atoms with Crippen LogP contribution in [0.5, 0.6) is 5.75 Å². The average Bonchev–Trinajstić information content (AvgIpc) is 2.87. The Hall–Kier alpha value is -2.08. The Labute approximate surface area is 143 Å². The minimum absolute atomic E-state index is 0.115. The maximum Gasteiger partial charge on any atom is 0.387 e. The van der Waals surface area contributed by atoms with E-state index in [1.165, 1.54) is 29.5 Å². The van der Waals surface area contributed by atoms with Crippen LogP contribution < -0.4 is 4.74 Å². The molecule has 0 bridgehead atoms. The summed E-state index contributed by atoms with van der Waals surface area (Å²) in [6.45, 7) is 3.69. The van der Waals surface area contributed by atoms with E-state index in [-0.39, 0.29) is 11.2 Å². The molecule has 0 aliphatic rings. The van der Waals surface area contributed by atoms with Crippen LogP contribution in [0.1, 0.15) is 26.3 Å². The number of H-pyrrole nitrogens is 1. The number of halogens is 2. The molecule has 6 heteroatoms. The van der Waals surface area contributed by atoms with Crippen molar-refractivity contribution >= 4 is 22.8 Å². The van der Waals surface area contributed by atoms with Crippen LogP contribution in [-0.2, 0) is 5.41 Å². The largest absolute Gasteiger partial charge is 0.435 e. The summed E-state index contributed by atoms with van der Waals surface area (Å²) >= 11 is 1.50. The molecule has 1 heterocycles. The highest BCUT2D eigenvalue weighted by molar-refractivity contribution is 7.99. The zero-order chi connectivity index (χ0) is 17.3. The molecule has 1 aromatic heterocycles. The number of nitrogens with zero attached hydrogens (tertiary/aromatic N) is 1. The molecule has 0 saturated carbocycles. The molecular weight excluding hydrogens is 330 g/mol. The van der Waals surface area contributed by atoms with Gasteiger partial charge in [-0.25, -0.2) is 4.98 Å². The lowest BCUT2D eigenvalue weighted by Crippen LogP contribution is -2.10. The summed E-state index contributed by atoms with van der Waals surface area (Å²) in [7, 11) is 0. The third kappa shape index (κ3) is 3.87. The van der Waals surface area contributed by atoms with E-state index < -0.39 is 6.61 Å². The van der Waals surface area contributed by atoms with Gasteiger partial charge < -0.3 is 9.72 Å². The third-order valence-corrected chi connectivity index (χ3v) is 4.49. The van der Waals surface area contributed by atoms with Crippen molar-refractivity contribution in [1.82, 2.24) is 9.97 Å². The van der Waals surface area contributed by atoms with E-state index in [0.717, 1.165) is 4.90 Å². The topological polar surface area (TPSA) is 37.9 Å². The maximum absolute atomic E-state index is 12.3. The minimum Gasteiger partial charge on any atom is -0.435 e. The van der Waals surface area contributed by atoms with Crippen LogP contribution >= 0.6 is 11.8 Å². The van der Waals surface area contributed by atoms with E-state index in [1.807, 2.05) is 0 Å². The van der Waals surface area contributed by atoms with Crippen molar-refractivity contribution in [3.8, 4) is 5.75 Å². The van der Waals surface area contributed by atoms with E-state index in [9.17, 15) is 8.78 Å². The lowest BCUT2D eigenvalue weighted by Gasteiger charge is -2.18. The number of alkyl halides is 2. The Kier molecular flexibility index (Phi) is 4.49. The highest BCUT2D eigenvalue weighted by atomic mass is 32.2. The molecule has 0 amide bonds. The van der Waals surface area contributed by atoms with Gasteiger partial charge in [-0.05, 0) is 35.2 Å². The zero-order valence-corrected chi connectivity index (χ0v) is 14.5. The second-order valence-corrected chi connectivity index (χ2v) is 7.54. The van der Waals surface area contributed by atoms with Crippen LogP contribution in [0.2, 0.25) is 0 Å². The van der Waals surface area contributed by atoms with E-state index in [4.69, 9.17) is 0 Å². The molecule has 0 atom stereocenters. The van der Waals surface area contributed by atoms with Gasteiger partial charge in [0.25, 0.3) is 0 Å². The van der Waals surface area contributed by atoms with Gasteiger partial charge in [-0.3, -0.25) is 0 Å². The Bertz CT molecular complexity index is 838. The maximum atomic E-state index is 12.3. The zero-order valence-electron chi connectivity index (χ0n) is 13.6. The van der Waals surface area contributed by atoms with Gasteiger partial charge in [0, 0.05) is 11.0 Å². The van der Waals surface area contributed by atoms with Crippen LogP contribution in [-0.4, -0.2) is 16.6 Å². The Morgan fingerprint density at radius 2 is 1.79 bits per heavy atom. The molecule has 3 rings (SSSR count). The molecule has 0 unspecified atom stereocenters. The number of fused-ring (bicyclic) bond motifs is 1. The fraction of sp³-hybridized carbons (Fsp3) is 0.278. The predicted octanol–water partition coefficient (Wildman–Crippen LogP) is 5.61. The van der Waals surface area contributed by atoms with Gasteiger partial charge in [-0.2, -0.15) is 8.78 Å². The average molecular weight is 348 g/mol. The molecule has 2 aromatic carbocycles. The Morgan fingerprint density at radius 1 is 1.08 bits per heavy atom. The summed E-state index contributed by atoms with van der Waals surface area (Å²) in [5, 5.41) is 0.711. The van der Waals surface area contributed by atoms with E-state index >= 15 is 0 Å². The van der Waals surface area contributed by atoms with Gasteiger partial charge >= 0.3 is 6.61 Å². The number of rotatable bonds is 4. The third-order valence-electron chi connectivity index (χ3n) is 3.59. The molecule has 3 nitrogen and oxygen atoms in total. The number of hydrogen-bond donors (Lipinski definition) is 1. The second kappa shape index (κ2) is 6.43. The predicted molar refractivity (Wildman–Crippen MR) is 92.0 cm³/mol. The summed E-state index contributed by atoms with van der Waals surface area (Å²) in [5.74, 6) is 0.118. The number of aromatic nitrogens is 2. The summed E-state index contributed by atoms with van der Waals surface area (Å²) in [5.41, 5.74) is 2.77. The first-order valence-electron chi connectivity index (χ1n) is 7.54. The monoisotopic (exact) mass is 348 g/mol. The van der Waals surface area contributed by atoms with Gasteiger partial charge in [-0.1, -0.05) is 44.7 Å². The molecule has 24 heavy (non-hydrogen) atoms. The van der Waals surface area contributed by atoms with Gasteiger partial charge in [0.2, 0.25) is 0 Å². The van der Waals surface area contributed by atoms with Crippen molar-refractivity contribution in [1.29, 1.82) is 0 Å². The van der Waals surface area contributed by atoms with Crippen molar-refractivity contribution in [2.75, 3.05) is 0 Å². The molecule has 3 aromatic rings. The van der Waals surface area contributed by atoms with E-state index in [2.05, 4.69) is 59.7 Å². The van der Waals surface area contributed by atoms with Crippen LogP contribution in [0.25, 0.3) is 11.0 Å². The minimum atomic E-state index is -2.83. The molecule has 0 radical (unpaired) electrons. The van der Waals surface area contributed by atoms with Crippen molar-refractivity contribution < 1.29 is 13.5 Å². The molecule has 0 saturated heterocycles. The van der Waals surface area contributed by atoms with E-state index in [0.29, 0.717) is 16.2 Å². The lowest BCUT2D eigenvalue weighted by molar-refractivity contribution is -0.0497. The van der Waals surface area contributed by atoms with Gasteiger partial charge in [0.05, 0.1) is 11.0 Å². The van der Waals surface area contributed by atoms with Crippen LogP contribution in [0.3, 0.4) is 0 Å². The first-order valence-corrected chi connectivity index (χ1v) is 8.36. The summed E-state index contributed by atoms with van der Waals surface area (Å²) < 4.78 is 29.0. The summed E-state index contributed by atoms with van der Waals surface area (Å²) in [4.78, 5) is 8.65. The fourth-order valence-corrected chi connectivity index (χ4v) is 3.12. The molecule has 1 N–H and O–H groups in total. The number of benzene rings is 2. The van der Waals surface area contributed by atoms with Gasteiger partial charge in [0.15, 0.2) is 5.16 Å². The smallest absolute Gasteiger partial charge is 0.387 e. The van der Waals surface area contributed by atoms with Crippen LogP contribution in [0, 0.1) is 0 Å². The SMILES string of the molecule is CC(C)(C)c1ccc(Sc2nc3ccc(OC(F)F)cc3[nH]2)cc1. The summed E-state index contributed by atoms with van der Waals surface area (Å²) in [6.07, 6.45) is 0. The number of hydrogen-bond acceptors (Lipinski definition) is 3. The first kappa shape index (κ1) is 16.8. The molecule has 126 valence electrons. The fourth-order valence-electron chi connectivity index (χ4n) is 2.32. The summed E-state index contributed by atoms with van der Waals surface area (Å²) in [6, 6.07) is 13.0. The van der Waals surface area contributed by atoms with Gasteiger partial charge in [0.1, 0.15) is 5.75 Å². The van der Waals surface area contributed by atoms with Gasteiger partial charge in [-0.15, -0.1) is 0 Å². The Balaban J connectivity index is 1.80. The molecular formula is C18H18F2N2OS. The first-order chi connectivity index (χ1) is 11.3. The quantitative estimate of drug-likeness (QED) is 0.665. The highest BCUT2D eigenvalue weighted by Crippen LogP contribution is 2.31. The lowest BCUT2D eigenvalue weighted by atomic mass is 9.87. The van der Waals surface area contributed by atoms with Crippen molar-refractivity contribution in [2.45, 2.75) is 42.8 Å². The molecule has 0 aliphatic carbocycles. The number of aromatic amines is 1. The van der Waals surface area contributed by atoms with Crippen LogP contribution in [0.15, 0.2) is 52.5 Å². The Morgan fingerprint density at radius 3 is 2.42 bits per heavy atom. The standard InChI is InChI=1S/C18H18F2N2OS/c1-18(2,3)11-4-7-13(8-5-11)24-17-21-14-9-6-12(23-16(19)20)10-15(14)22-17/h4-10,16H,1-3H3,(H,21,22). The van der Waals surface area contributed by atoms with Crippen molar-refractivity contribution in [3.05, 3.63) is 48.0 Å². The second-order valence-electron chi connectivity index (χ2n) is 6.48. The number of ether oxygens (including phenoxy) is 1. The van der Waals surface area contributed by atoms with E-state index in [1.54, 1.807) is 6.07 Å². The number of imidazole rings is 1. The number of nitrogens with one attached hydrogen (secondary N) is 1. The molecule has 0 spiro atoms. The highest BCUT2D eigenvalue weighted by Gasteiger charge is 2.13. The normalized spacial score (nSPS) is 12.1. The van der Waals surface area contributed by atoms with Crippen LogP contribution in [0.4, 0.5) is 8.78 Å². The molecule has 0 fully saturated rings. The van der Waals surface area contributed by atoms with Crippen molar-refractivity contribution in [2.24, 2.45) is 0 Å².